The summed E-state index contributed by atoms with van der Waals surface area (Å²) in [7, 11) is 0. The van der Waals surface area contributed by atoms with Crippen molar-refractivity contribution in [3.63, 3.8) is 0 Å². The molecule has 1 aliphatic rings. The lowest BCUT2D eigenvalue weighted by molar-refractivity contribution is 0.445. The van der Waals surface area contributed by atoms with Gasteiger partial charge in [-0.15, -0.1) is 11.8 Å². The van der Waals surface area contributed by atoms with Gasteiger partial charge in [-0.05, 0) is 26.0 Å². The maximum atomic E-state index is 13.6. The summed E-state index contributed by atoms with van der Waals surface area (Å²) in [5, 5.41) is 3.83. The van der Waals surface area contributed by atoms with Crippen LogP contribution in [0.5, 0.6) is 0 Å². The van der Waals surface area contributed by atoms with Crippen molar-refractivity contribution in [1.82, 2.24) is 5.32 Å². The summed E-state index contributed by atoms with van der Waals surface area (Å²) in [5.41, 5.74) is 0.621. The number of thioether (sulfide) groups is 1. The molecule has 1 unspecified atom stereocenters. The Morgan fingerprint density at radius 1 is 1.53 bits per heavy atom. The maximum absolute atomic E-state index is 13.6. The first-order valence-corrected chi connectivity index (χ1v) is 6.25. The van der Waals surface area contributed by atoms with Crippen molar-refractivity contribution in [2.75, 3.05) is 5.75 Å². The fraction of sp³-hybridized carbons (Fsp3) is 0.455. The van der Waals surface area contributed by atoms with E-state index >= 15 is 0 Å². The van der Waals surface area contributed by atoms with Gasteiger partial charge in [0.05, 0.1) is 5.37 Å². The van der Waals surface area contributed by atoms with Crippen LogP contribution in [0.1, 0.15) is 24.8 Å². The monoisotopic (exact) mass is 245 g/mol. The quantitative estimate of drug-likeness (QED) is 0.812. The summed E-state index contributed by atoms with van der Waals surface area (Å²) in [6.07, 6.45) is 0. The normalized spacial score (nSPS) is 24.4. The van der Waals surface area contributed by atoms with Crippen molar-refractivity contribution in [2.24, 2.45) is 0 Å². The van der Waals surface area contributed by atoms with Gasteiger partial charge in [-0.2, -0.15) is 0 Å². The Morgan fingerprint density at radius 3 is 2.80 bits per heavy atom. The van der Waals surface area contributed by atoms with Crippen LogP contribution in [0.25, 0.3) is 0 Å². The molecule has 1 aromatic rings. The first kappa shape index (κ1) is 11.2. The minimum atomic E-state index is -0.231. The van der Waals surface area contributed by atoms with Gasteiger partial charge in [0.15, 0.2) is 0 Å². The molecule has 0 spiro atoms. The zero-order valence-electron chi connectivity index (χ0n) is 8.68. The highest BCUT2D eigenvalue weighted by atomic mass is 35.5. The zero-order valence-corrected chi connectivity index (χ0v) is 10.3. The van der Waals surface area contributed by atoms with Crippen molar-refractivity contribution >= 4 is 23.4 Å². The molecular formula is C11H13ClFNS. The van der Waals surface area contributed by atoms with Gasteiger partial charge in [0.2, 0.25) is 0 Å². The van der Waals surface area contributed by atoms with E-state index in [0.717, 1.165) is 5.75 Å². The summed E-state index contributed by atoms with van der Waals surface area (Å²) in [5.74, 6) is 0.729. The third kappa shape index (κ3) is 2.30. The second-order valence-electron chi connectivity index (χ2n) is 4.35. The van der Waals surface area contributed by atoms with Crippen LogP contribution >= 0.6 is 23.4 Å². The minimum Gasteiger partial charge on any atom is -0.296 e. The highest BCUT2D eigenvalue weighted by molar-refractivity contribution is 7.99. The first-order valence-electron chi connectivity index (χ1n) is 4.83. The molecule has 1 fully saturated rings. The molecule has 0 aliphatic carbocycles. The molecule has 1 nitrogen and oxygen atoms in total. The van der Waals surface area contributed by atoms with Gasteiger partial charge in [-0.25, -0.2) is 4.39 Å². The number of nitrogens with one attached hydrogen (secondary N) is 1. The average Bonchev–Trinajstić information content (AvgIpc) is 2.46. The number of rotatable bonds is 1. The largest absolute Gasteiger partial charge is 0.296 e. The van der Waals surface area contributed by atoms with Gasteiger partial charge in [0.1, 0.15) is 5.82 Å². The third-order valence-corrected chi connectivity index (χ3v) is 4.30. The standard InChI is InChI=1S/C11H13ClFNS/c1-11(2)6-15-10(14-11)9-7(12)4-3-5-8(9)13/h3-5,10,14H,6H2,1-2H3. The Hall–Kier alpha value is -0.250. The molecule has 1 N–H and O–H groups in total. The molecule has 82 valence electrons. The van der Waals surface area contributed by atoms with Gasteiger partial charge in [-0.1, -0.05) is 17.7 Å². The Kier molecular flexibility index (Phi) is 2.97. The zero-order chi connectivity index (χ0) is 11.1. The molecule has 1 atom stereocenters. The van der Waals surface area contributed by atoms with E-state index in [4.69, 9.17) is 11.6 Å². The fourth-order valence-corrected chi connectivity index (χ4v) is 3.46. The van der Waals surface area contributed by atoms with Crippen LogP contribution in [0.4, 0.5) is 4.39 Å². The molecule has 1 heterocycles. The summed E-state index contributed by atoms with van der Waals surface area (Å²) in [6.45, 7) is 4.21. The van der Waals surface area contributed by atoms with E-state index in [0.29, 0.717) is 10.6 Å². The number of benzene rings is 1. The summed E-state index contributed by atoms with van der Waals surface area (Å²) in [6, 6.07) is 4.81. The molecule has 1 aromatic carbocycles. The molecule has 0 saturated carbocycles. The minimum absolute atomic E-state index is 0.0336. The van der Waals surface area contributed by atoms with Crippen molar-refractivity contribution in [2.45, 2.75) is 24.8 Å². The average molecular weight is 246 g/mol. The van der Waals surface area contributed by atoms with Crippen LogP contribution in [0.3, 0.4) is 0 Å². The molecule has 15 heavy (non-hydrogen) atoms. The van der Waals surface area contributed by atoms with Gasteiger partial charge in [0, 0.05) is 21.9 Å². The van der Waals surface area contributed by atoms with Crippen molar-refractivity contribution < 1.29 is 4.39 Å². The van der Waals surface area contributed by atoms with Gasteiger partial charge < -0.3 is 0 Å². The third-order valence-electron chi connectivity index (χ3n) is 2.39. The van der Waals surface area contributed by atoms with Gasteiger partial charge in [-0.3, -0.25) is 5.32 Å². The highest BCUT2D eigenvalue weighted by Gasteiger charge is 2.33. The molecule has 0 amide bonds. The Bertz CT molecular complexity index is 361. The summed E-state index contributed by atoms with van der Waals surface area (Å²) >= 11 is 7.70. The van der Waals surface area contributed by atoms with Crippen molar-refractivity contribution in [1.29, 1.82) is 0 Å². The van der Waals surface area contributed by atoms with E-state index in [-0.39, 0.29) is 16.7 Å². The Balaban J connectivity index is 2.31. The van der Waals surface area contributed by atoms with E-state index in [1.807, 2.05) is 0 Å². The predicted octanol–water partition coefficient (Wildman–Crippen LogP) is 3.59. The lowest BCUT2D eigenvalue weighted by Gasteiger charge is -2.19. The van der Waals surface area contributed by atoms with Crippen LogP contribution in [0.15, 0.2) is 18.2 Å². The second-order valence-corrected chi connectivity index (χ2v) is 5.86. The van der Waals surface area contributed by atoms with E-state index in [9.17, 15) is 4.39 Å². The smallest absolute Gasteiger partial charge is 0.130 e. The van der Waals surface area contributed by atoms with Gasteiger partial charge in [0.25, 0.3) is 0 Å². The fourth-order valence-electron chi connectivity index (χ4n) is 1.65. The topological polar surface area (TPSA) is 12.0 Å². The number of hydrogen-bond acceptors (Lipinski definition) is 2. The lowest BCUT2D eigenvalue weighted by atomic mass is 10.1. The molecule has 1 aliphatic heterocycles. The maximum Gasteiger partial charge on any atom is 0.130 e. The summed E-state index contributed by atoms with van der Waals surface area (Å²) < 4.78 is 13.6. The van der Waals surface area contributed by atoms with Crippen LogP contribution in [-0.4, -0.2) is 11.3 Å². The van der Waals surface area contributed by atoms with Crippen LogP contribution < -0.4 is 5.32 Å². The number of halogens is 2. The molecule has 1 saturated heterocycles. The Morgan fingerprint density at radius 2 is 2.27 bits per heavy atom. The van der Waals surface area contributed by atoms with E-state index in [1.165, 1.54) is 6.07 Å². The van der Waals surface area contributed by atoms with E-state index < -0.39 is 0 Å². The first-order chi connectivity index (χ1) is 6.99. The molecule has 4 heteroatoms. The second kappa shape index (κ2) is 3.96. The van der Waals surface area contributed by atoms with Crippen molar-refractivity contribution in [3.05, 3.63) is 34.6 Å². The SMILES string of the molecule is CC1(C)CSC(c2c(F)cccc2Cl)N1. The molecular weight excluding hydrogens is 233 g/mol. The number of hydrogen-bond donors (Lipinski definition) is 1. The van der Waals surface area contributed by atoms with Crippen LogP contribution in [0.2, 0.25) is 5.02 Å². The molecule has 0 radical (unpaired) electrons. The molecule has 2 rings (SSSR count). The van der Waals surface area contributed by atoms with E-state index in [1.54, 1.807) is 23.9 Å². The van der Waals surface area contributed by atoms with Crippen molar-refractivity contribution in [3.8, 4) is 0 Å². The predicted molar refractivity (Wildman–Crippen MR) is 63.8 cm³/mol. The van der Waals surface area contributed by atoms with Crippen LogP contribution in [-0.2, 0) is 0 Å². The lowest BCUT2D eigenvalue weighted by Crippen LogP contribution is -2.36. The highest BCUT2D eigenvalue weighted by Crippen LogP contribution is 2.40. The van der Waals surface area contributed by atoms with Crippen LogP contribution in [0, 0.1) is 5.82 Å². The van der Waals surface area contributed by atoms with E-state index in [2.05, 4.69) is 19.2 Å². The van der Waals surface area contributed by atoms with Gasteiger partial charge >= 0.3 is 0 Å². The molecule has 0 bridgehead atoms. The summed E-state index contributed by atoms with van der Waals surface area (Å²) in [4.78, 5) is 0. The Labute approximate surface area is 98.4 Å². The molecule has 0 aromatic heterocycles.